The summed E-state index contributed by atoms with van der Waals surface area (Å²) in [5.74, 6) is -1.23. The summed E-state index contributed by atoms with van der Waals surface area (Å²) in [6.07, 6.45) is 0. The van der Waals surface area contributed by atoms with E-state index in [0.717, 1.165) is 5.69 Å². The largest absolute Gasteiger partial charge is 0.478 e. The Morgan fingerprint density at radius 1 is 1.37 bits per heavy atom. The van der Waals surface area contributed by atoms with Crippen LogP contribution in [0.5, 0.6) is 0 Å². The Balaban J connectivity index is 2.69. The molecule has 0 bridgehead atoms. The lowest BCUT2D eigenvalue weighted by Gasteiger charge is -2.46. The van der Waals surface area contributed by atoms with E-state index in [0.29, 0.717) is 5.69 Å². The van der Waals surface area contributed by atoms with Crippen LogP contribution in [0.2, 0.25) is 0 Å². The molecule has 0 aliphatic carbocycles. The number of hydrogen-bond acceptors (Lipinski definition) is 3. The number of nitrogens with one attached hydrogen (secondary N) is 1. The second kappa shape index (κ2) is 4.26. The van der Waals surface area contributed by atoms with Crippen molar-refractivity contribution < 1.29 is 14.7 Å². The monoisotopic (exact) mass is 262 g/mol. The molecular formula is C14H18N2O3. The summed E-state index contributed by atoms with van der Waals surface area (Å²) in [6, 6.07) is 5.12. The summed E-state index contributed by atoms with van der Waals surface area (Å²) in [5.41, 5.74) is 0.540. The van der Waals surface area contributed by atoms with Crippen molar-refractivity contribution in [2.75, 3.05) is 10.2 Å². The zero-order valence-electron chi connectivity index (χ0n) is 11.5. The SMILES string of the molecule is CC(C)N1c2cccc(C(=O)O)c2NC(=O)C1(C)C. The van der Waals surface area contributed by atoms with Gasteiger partial charge in [0.15, 0.2) is 0 Å². The van der Waals surface area contributed by atoms with E-state index in [-0.39, 0.29) is 17.5 Å². The molecule has 1 aliphatic rings. The van der Waals surface area contributed by atoms with Gasteiger partial charge < -0.3 is 15.3 Å². The molecule has 2 rings (SSSR count). The van der Waals surface area contributed by atoms with Crippen LogP contribution in [-0.4, -0.2) is 28.6 Å². The number of aromatic carboxylic acids is 1. The summed E-state index contributed by atoms with van der Waals surface area (Å²) in [7, 11) is 0. The number of hydrogen-bond donors (Lipinski definition) is 2. The van der Waals surface area contributed by atoms with E-state index in [1.807, 2.05) is 38.7 Å². The van der Waals surface area contributed by atoms with E-state index in [9.17, 15) is 14.7 Å². The number of anilines is 2. The number of carbonyl (C=O) groups excluding carboxylic acids is 1. The lowest BCUT2D eigenvalue weighted by Crippen LogP contribution is -2.58. The van der Waals surface area contributed by atoms with Gasteiger partial charge in [-0.15, -0.1) is 0 Å². The van der Waals surface area contributed by atoms with Gasteiger partial charge in [-0.05, 0) is 39.8 Å². The van der Waals surface area contributed by atoms with Crippen molar-refractivity contribution in [3.8, 4) is 0 Å². The predicted molar refractivity (Wildman–Crippen MR) is 73.7 cm³/mol. The Morgan fingerprint density at radius 3 is 2.53 bits per heavy atom. The van der Waals surface area contributed by atoms with Crippen molar-refractivity contribution in [2.24, 2.45) is 0 Å². The first kappa shape index (κ1) is 13.4. The van der Waals surface area contributed by atoms with Gasteiger partial charge in [-0.3, -0.25) is 4.79 Å². The number of fused-ring (bicyclic) bond motifs is 1. The fraction of sp³-hybridized carbons (Fsp3) is 0.429. The summed E-state index contributed by atoms with van der Waals surface area (Å²) < 4.78 is 0. The summed E-state index contributed by atoms with van der Waals surface area (Å²) in [5, 5.41) is 11.9. The van der Waals surface area contributed by atoms with Crippen molar-refractivity contribution in [2.45, 2.75) is 39.3 Å². The Labute approximate surface area is 112 Å². The first-order chi connectivity index (χ1) is 8.76. The molecule has 0 saturated carbocycles. The predicted octanol–water partition coefficient (Wildman–Crippen LogP) is 2.33. The lowest BCUT2D eigenvalue weighted by molar-refractivity contribution is -0.120. The van der Waals surface area contributed by atoms with Gasteiger partial charge in [-0.1, -0.05) is 6.07 Å². The minimum atomic E-state index is -1.04. The van der Waals surface area contributed by atoms with Crippen molar-refractivity contribution in [3.05, 3.63) is 23.8 Å². The molecule has 2 N–H and O–H groups in total. The van der Waals surface area contributed by atoms with Crippen LogP contribution in [0.3, 0.4) is 0 Å². The third-order valence-corrected chi connectivity index (χ3v) is 3.45. The van der Waals surface area contributed by atoms with Crippen molar-refractivity contribution in [3.63, 3.8) is 0 Å². The summed E-state index contributed by atoms with van der Waals surface area (Å²) >= 11 is 0. The quantitative estimate of drug-likeness (QED) is 0.858. The van der Waals surface area contributed by atoms with Crippen LogP contribution in [0.15, 0.2) is 18.2 Å². The maximum Gasteiger partial charge on any atom is 0.337 e. The fourth-order valence-electron chi connectivity index (χ4n) is 2.65. The molecule has 1 aliphatic heterocycles. The summed E-state index contributed by atoms with van der Waals surface area (Å²) in [6.45, 7) is 7.63. The van der Waals surface area contributed by atoms with Crippen LogP contribution in [0.1, 0.15) is 38.1 Å². The molecule has 0 atom stereocenters. The molecule has 1 amide bonds. The van der Waals surface area contributed by atoms with E-state index in [1.165, 1.54) is 6.07 Å². The number of carboxylic acids is 1. The second-order valence-electron chi connectivity index (χ2n) is 5.48. The maximum atomic E-state index is 12.2. The number of benzene rings is 1. The third-order valence-electron chi connectivity index (χ3n) is 3.45. The first-order valence-electron chi connectivity index (χ1n) is 6.24. The third kappa shape index (κ3) is 1.95. The van der Waals surface area contributed by atoms with Crippen LogP contribution in [0, 0.1) is 0 Å². The average Bonchev–Trinajstić information content (AvgIpc) is 2.28. The highest BCUT2D eigenvalue weighted by atomic mass is 16.4. The van der Waals surface area contributed by atoms with E-state index >= 15 is 0 Å². The first-order valence-corrected chi connectivity index (χ1v) is 6.24. The molecule has 102 valence electrons. The second-order valence-corrected chi connectivity index (χ2v) is 5.48. The van der Waals surface area contributed by atoms with Crippen molar-refractivity contribution >= 4 is 23.3 Å². The Bertz CT molecular complexity index is 550. The zero-order valence-corrected chi connectivity index (χ0v) is 11.5. The highest BCUT2D eigenvalue weighted by Crippen LogP contribution is 2.40. The van der Waals surface area contributed by atoms with Crippen molar-refractivity contribution in [1.82, 2.24) is 0 Å². The van der Waals surface area contributed by atoms with Gasteiger partial charge in [0.1, 0.15) is 5.54 Å². The van der Waals surface area contributed by atoms with Gasteiger partial charge >= 0.3 is 5.97 Å². The lowest BCUT2D eigenvalue weighted by atomic mass is 9.93. The molecular weight excluding hydrogens is 244 g/mol. The smallest absolute Gasteiger partial charge is 0.337 e. The molecule has 1 aromatic carbocycles. The average molecular weight is 262 g/mol. The van der Waals surface area contributed by atoms with Crippen LogP contribution in [-0.2, 0) is 4.79 Å². The molecule has 5 nitrogen and oxygen atoms in total. The van der Waals surface area contributed by atoms with Crippen LogP contribution in [0.25, 0.3) is 0 Å². The molecule has 0 unspecified atom stereocenters. The van der Waals surface area contributed by atoms with Gasteiger partial charge in [-0.25, -0.2) is 4.79 Å². The van der Waals surface area contributed by atoms with Gasteiger partial charge in [0.05, 0.1) is 16.9 Å². The number of carboxylic acid groups (broad SMARTS) is 1. The normalized spacial score (nSPS) is 17.1. The Kier molecular flexibility index (Phi) is 3.00. The molecule has 1 heterocycles. The van der Waals surface area contributed by atoms with Gasteiger partial charge in [0.2, 0.25) is 5.91 Å². The topological polar surface area (TPSA) is 69.6 Å². The van der Waals surface area contributed by atoms with E-state index in [1.54, 1.807) is 6.07 Å². The highest BCUT2D eigenvalue weighted by Gasteiger charge is 2.42. The number of nitrogens with zero attached hydrogens (tertiary/aromatic N) is 1. The van der Waals surface area contributed by atoms with Gasteiger partial charge in [0.25, 0.3) is 0 Å². The molecule has 19 heavy (non-hydrogen) atoms. The minimum absolute atomic E-state index is 0.0869. The van der Waals surface area contributed by atoms with Gasteiger partial charge in [-0.2, -0.15) is 0 Å². The number of carbonyl (C=O) groups is 2. The van der Waals surface area contributed by atoms with Gasteiger partial charge in [0, 0.05) is 6.04 Å². The van der Waals surface area contributed by atoms with Crippen LogP contribution >= 0.6 is 0 Å². The standard InChI is InChI=1S/C14H18N2O3/c1-8(2)16-10-7-5-6-9(12(17)18)11(10)15-13(19)14(16,3)4/h5-8H,1-4H3,(H,15,19)(H,17,18). The molecule has 0 spiro atoms. The molecule has 0 fully saturated rings. The molecule has 1 aromatic rings. The van der Waals surface area contributed by atoms with E-state index in [4.69, 9.17) is 0 Å². The Morgan fingerprint density at radius 2 is 2.00 bits per heavy atom. The summed E-state index contributed by atoms with van der Waals surface area (Å²) in [4.78, 5) is 25.4. The Hall–Kier alpha value is -2.04. The number of para-hydroxylation sites is 1. The minimum Gasteiger partial charge on any atom is -0.478 e. The van der Waals surface area contributed by atoms with E-state index in [2.05, 4.69) is 5.32 Å². The zero-order chi connectivity index (χ0) is 14.4. The van der Waals surface area contributed by atoms with Crippen LogP contribution in [0.4, 0.5) is 11.4 Å². The van der Waals surface area contributed by atoms with Crippen molar-refractivity contribution in [1.29, 1.82) is 0 Å². The highest BCUT2D eigenvalue weighted by molar-refractivity contribution is 6.11. The molecule has 0 saturated heterocycles. The molecule has 0 aromatic heterocycles. The number of rotatable bonds is 2. The van der Waals surface area contributed by atoms with Crippen LogP contribution < -0.4 is 10.2 Å². The molecule has 0 radical (unpaired) electrons. The van der Waals surface area contributed by atoms with E-state index < -0.39 is 11.5 Å². The molecule has 5 heteroatoms. The maximum absolute atomic E-state index is 12.2. The fourth-order valence-corrected chi connectivity index (χ4v) is 2.65. The number of amides is 1.